The van der Waals surface area contributed by atoms with Gasteiger partial charge in [-0.05, 0) is 58.8 Å². The minimum Gasteiger partial charge on any atom is -0.497 e. The van der Waals surface area contributed by atoms with E-state index in [1.807, 2.05) is 41.1 Å². The molecule has 1 fully saturated rings. The Morgan fingerprint density at radius 2 is 1.82 bits per heavy atom. The summed E-state index contributed by atoms with van der Waals surface area (Å²) in [5, 5.41) is 9.31. The van der Waals surface area contributed by atoms with Gasteiger partial charge >= 0.3 is 11.8 Å². The van der Waals surface area contributed by atoms with Crippen LogP contribution in [0.1, 0.15) is 17.4 Å². The number of anilines is 1. The van der Waals surface area contributed by atoms with Gasteiger partial charge in [0, 0.05) is 45.0 Å². The van der Waals surface area contributed by atoms with Gasteiger partial charge in [0.2, 0.25) is 0 Å². The monoisotopic (exact) mass is 468 g/mol. The zero-order valence-corrected chi connectivity index (χ0v) is 19.3. The van der Waals surface area contributed by atoms with Crippen molar-refractivity contribution < 1.29 is 18.7 Å². The highest BCUT2D eigenvalue weighted by atomic mass is 32.1. The van der Waals surface area contributed by atoms with Crippen LogP contribution < -0.4 is 20.3 Å². The van der Waals surface area contributed by atoms with Gasteiger partial charge in [0.1, 0.15) is 11.5 Å². The summed E-state index contributed by atoms with van der Waals surface area (Å²) in [6.45, 7) is 3.93. The van der Waals surface area contributed by atoms with E-state index in [0.717, 1.165) is 48.9 Å². The van der Waals surface area contributed by atoms with Gasteiger partial charge in [0.05, 0.1) is 19.4 Å². The highest BCUT2D eigenvalue weighted by molar-refractivity contribution is 7.07. The number of carbonyl (C=O) groups excluding carboxylic acids is 2. The van der Waals surface area contributed by atoms with Crippen molar-refractivity contribution in [3.8, 4) is 5.75 Å². The number of ether oxygens (including phenoxy) is 1. The molecule has 2 amide bonds. The van der Waals surface area contributed by atoms with Crippen molar-refractivity contribution in [1.29, 1.82) is 0 Å². The molecular weight excluding hydrogens is 440 g/mol. The van der Waals surface area contributed by atoms with Crippen LogP contribution in [0.3, 0.4) is 0 Å². The predicted octanol–water partition coefficient (Wildman–Crippen LogP) is 2.65. The number of methoxy groups -OCH3 is 1. The third kappa shape index (κ3) is 5.94. The fourth-order valence-corrected chi connectivity index (χ4v) is 4.57. The van der Waals surface area contributed by atoms with E-state index in [0.29, 0.717) is 13.1 Å². The first-order valence-corrected chi connectivity index (χ1v) is 11.8. The van der Waals surface area contributed by atoms with E-state index in [9.17, 15) is 9.59 Å². The lowest BCUT2D eigenvalue weighted by atomic mass is 10.1. The molecule has 8 nitrogen and oxygen atoms in total. The molecule has 33 heavy (non-hydrogen) atoms. The zero-order chi connectivity index (χ0) is 23.0. The van der Waals surface area contributed by atoms with Crippen LogP contribution >= 0.6 is 11.3 Å². The highest BCUT2D eigenvalue weighted by Crippen LogP contribution is 2.25. The Kier molecular flexibility index (Phi) is 7.64. The maximum Gasteiger partial charge on any atom is 0.309 e. The maximum atomic E-state index is 12.4. The van der Waals surface area contributed by atoms with Crippen LogP contribution in [0.2, 0.25) is 0 Å². The van der Waals surface area contributed by atoms with E-state index < -0.39 is 11.8 Å². The lowest BCUT2D eigenvalue weighted by Crippen LogP contribution is -2.50. The summed E-state index contributed by atoms with van der Waals surface area (Å²) in [5.74, 6) is 0.333. The van der Waals surface area contributed by atoms with Crippen molar-refractivity contribution in [3.05, 3.63) is 70.8 Å². The number of benzene rings is 1. The smallest absolute Gasteiger partial charge is 0.309 e. The predicted molar refractivity (Wildman–Crippen MR) is 127 cm³/mol. The van der Waals surface area contributed by atoms with Crippen molar-refractivity contribution in [2.24, 2.45) is 0 Å². The summed E-state index contributed by atoms with van der Waals surface area (Å²) < 4.78 is 10.9. The number of rotatable bonds is 8. The summed E-state index contributed by atoms with van der Waals surface area (Å²) in [6, 6.07) is 13.6. The van der Waals surface area contributed by atoms with Crippen molar-refractivity contribution in [2.75, 3.05) is 44.7 Å². The van der Waals surface area contributed by atoms with Gasteiger partial charge in [0.15, 0.2) is 0 Å². The molecular formula is C24H28N4O4S. The van der Waals surface area contributed by atoms with Gasteiger partial charge in [-0.3, -0.25) is 14.5 Å². The van der Waals surface area contributed by atoms with E-state index in [-0.39, 0.29) is 6.04 Å². The molecule has 9 heteroatoms. The number of carbonyl (C=O) groups is 2. The molecule has 2 N–H and O–H groups in total. The molecule has 1 saturated heterocycles. The van der Waals surface area contributed by atoms with E-state index in [2.05, 4.69) is 32.6 Å². The van der Waals surface area contributed by atoms with Gasteiger partial charge in [-0.15, -0.1) is 0 Å². The second-order valence-corrected chi connectivity index (χ2v) is 8.56. The van der Waals surface area contributed by atoms with Gasteiger partial charge in [-0.25, -0.2) is 0 Å². The third-order valence-electron chi connectivity index (χ3n) is 5.76. The normalized spacial score (nSPS) is 15.1. The summed E-state index contributed by atoms with van der Waals surface area (Å²) in [6.07, 6.45) is 1.63. The number of thiophene rings is 1. The molecule has 0 bridgehead atoms. The Hall–Kier alpha value is -3.30. The number of hydrogen-bond donors (Lipinski definition) is 2. The molecule has 0 aliphatic carbocycles. The topological polar surface area (TPSA) is 87.0 Å². The lowest BCUT2D eigenvalue weighted by Gasteiger charge is -2.39. The quantitative estimate of drug-likeness (QED) is 0.495. The molecule has 1 aliphatic heterocycles. The Labute approximate surface area is 197 Å². The first-order chi connectivity index (χ1) is 16.1. The van der Waals surface area contributed by atoms with Crippen molar-refractivity contribution >= 4 is 28.8 Å². The van der Waals surface area contributed by atoms with Gasteiger partial charge in [-0.2, -0.15) is 11.3 Å². The molecule has 0 radical (unpaired) electrons. The molecule has 4 rings (SSSR count). The second-order valence-electron chi connectivity index (χ2n) is 7.78. The Morgan fingerprint density at radius 3 is 2.45 bits per heavy atom. The standard InChI is InChI=1S/C24H28N4O4S/c1-31-20-6-4-19(5-7-20)27-9-11-28(12-10-27)21(22-3-2-13-32-22)16-26-24(30)23(29)25-15-18-8-14-33-17-18/h2-8,13-14,17,21H,9-12,15-16H2,1H3,(H,25,29)(H,26,30). The van der Waals surface area contributed by atoms with Crippen LogP contribution in [0.5, 0.6) is 5.75 Å². The first kappa shape index (κ1) is 22.9. The molecule has 1 aliphatic rings. The minimum absolute atomic E-state index is 0.147. The van der Waals surface area contributed by atoms with E-state index in [1.165, 1.54) is 0 Å². The third-order valence-corrected chi connectivity index (χ3v) is 6.49. The summed E-state index contributed by atoms with van der Waals surface area (Å²) >= 11 is 1.55. The van der Waals surface area contributed by atoms with Crippen LogP contribution in [0.4, 0.5) is 5.69 Å². The summed E-state index contributed by atoms with van der Waals surface area (Å²) in [4.78, 5) is 29.2. The molecule has 174 valence electrons. The number of nitrogens with zero attached hydrogens (tertiary/aromatic N) is 2. The number of nitrogens with one attached hydrogen (secondary N) is 2. The molecule has 2 aromatic heterocycles. The number of amides is 2. The summed E-state index contributed by atoms with van der Waals surface area (Å²) in [5.41, 5.74) is 2.13. The van der Waals surface area contributed by atoms with Gasteiger partial charge in [-0.1, -0.05) is 0 Å². The first-order valence-electron chi connectivity index (χ1n) is 10.9. The number of piperazine rings is 1. The summed E-state index contributed by atoms with van der Waals surface area (Å²) in [7, 11) is 1.66. The molecule has 3 aromatic rings. The van der Waals surface area contributed by atoms with Gasteiger partial charge < -0.3 is 24.7 Å². The van der Waals surface area contributed by atoms with E-state index in [1.54, 1.807) is 24.7 Å². The van der Waals surface area contributed by atoms with Gasteiger partial charge in [0.25, 0.3) is 0 Å². The molecule has 0 spiro atoms. The number of hydrogen-bond acceptors (Lipinski definition) is 7. The minimum atomic E-state index is -0.640. The van der Waals surface area contributed by atoms with Crippen LogP contribution in [-0.2, 0) is 16.1 Å². The zero-order valence-electron chi connectivity index (χ0n) is 18.5. The average Bonchev–Trinajstić information content (AvgIpc) is 3.58. The van der Waals surface area contributed by atoms with Crippen molar-refractivity contribution in [3.63, 3.8) is 0 Å². The average molecular weight is 469 g/mol. The second kappa shape index (κ2) is 11.0. The highest BCUT2D eigenvalue weighted by Gasteiger charge is 2.28. The molecule has 1 aromatic carbocycles. The molecule has 0 saturated carbocycles. The van der Waals surface area contributed by atoms with Crippen LogP contribution in [-0.4, -0.2) is 56.5 Å². The maximum absolute atomic E-state index is 12.4. The van der Waals surface area contributed by atoms with Crippen molar-refractivity contribution in [1.82, 2.24) is 15.5 Å². The molecule has 3 heterocycles. The number of furan rings is 1. The SMILES string of the molecule is COc1ccc(N2CCN(C(CNC(=O)C(=O)NCc3ccsc3)c3ccco3)CC2)cc1. The molecule has 1 atom stereocenters. The molecule has 1 unspecified atom stereocenters. The lowest BCUT2D eigenvalue weighted by molar-refractivity contribution is -0.139. The fraction of sp³-hybridized carbons (Fsp3) is 0.333. The largest absolute Gasteiger partial charge is 0.497 e. The Bertz CT molecular complexity index is 1010. The van der Waals surface area contributed by atoms with Crippen LogP contribution in [0.25, 0.3) is 0 Å². The van der Waals surface area contributed by atoms with Crippen LogP contribution in [0.15, 0.2) is 63.9 Å². The Balaban J connectivity index is 1.32. The van der Waals surface area contributed by atoms with Crippen molar-refractivity contribution in [2.45, 2.75) is 12.6 Å². The van der Waals surface area contributed by atoms with Crippen LogP contribution in [0, 0.1) is 0 Å². The Morgan fingerprint density at radius 1 is 1.06 bits per heavy atom. The van der Waals surface area contributed by atoms with E-state index >= 15 is 0 Å². The fourth-order valence-electron chi connectivity index (χ4n) is 3.90. The van der Waals surface area contributed by atoms with E-state index in [4.69, 9.17) is 9.15 Å².